The van der Waals surface area contributed by atoms with E-state index in [1.54, 1.807) is 6.92 Å². The maximum Gasteiger partial charge on any atom is 0.315 e. The number of terminal acetylenes is 1. The van der Waals surface area contributed by atoms with Crippen LogP contribution in [0.25, 0.3) is 0 Å². The largest absolute Gasteiger partial charge is 0.346 e. The van der Waals surface area contributed by atoms with Crippen LogP contribution in [-0.4, -0.2) is 91.1 Å². The van der Waals surface area contributed by atoms with Gasteiger partial charge >= 0.3 is 6.03 Å². The van der Waals surface area contributed by atoms with E-state index in [9.17, 15) is 32.4 Å². The smallest absolute Gasteiger partial charge is 0.315 e. The number of urea groups is 1. The molecule has 4 N–H and O–H groups in total. The van der Waals surface area contributed by atoms with Crippen LogP contribution in [0.1, 0.15) is 92.9 Å². The van der Waals surface area contributed by atoms with Gasteiger partial charge in [0.25, 0.3) is 5.91 Å². The molecule has 0 bridgehead atoms. The number of fused-ring (bicyclic) bond motifs is 1. The lowest BCUT2D eigenvalue weighted by Crippen LogP contribution is -2.63. The molecule has 12 nitrogen and oxygen atoms in total. The highest BCUT2D eigenvalue weighted by Crippen LogP contribution is 2.57. The van der Waals surface area contributed by atoms with Crippen LogP contribution in [0, 0.1) is 35.0 Å². The highest BCUT2D eigenvalue weighted by atomic mass is 32.2. The Balaban J connectivity index is 1.88. The molecule has 0 aromatic heterocycles. The summed E-state index contributed by atoms with van der Waals surface area (Å²) in [5.41, 5.74) is -1.85. The second-order valence-electron chi connectivity index (χ2n) is 15.5. The second-order valence-corrected chi connectivity index (χ2v) is 17.8. The zero-order valence-corrected chi connectivity index (χ0v) is 30.3. The van der Waals surface area contributed by atoms with Crippen molar-refractivity contribution >= 4 is 39.4 Å². The normalized spacial score (nSPS) is 24.0. The summed E-state index contributed by atoms with van der Waals surface area (Å²) in [7, 11) is -3.40. The number of hydrogen-bond donors (Lipinski definition) is 4. The summed E-state index contributed by atoms with van der Waals surface area (Å²) in [5.74, 6) is -0.644. The van der Waals surface area contributed by atoms with Gasteiger partial charge in [-0.25, -0.2) is 13.2 Å². The Morgan fingerprint density at radius 1 is 1.08 bits per heavy atom. The third-order valence-electron chi connectivity index (χ3n) is 10.3. The lowest BCUT2D eigenvalue weighted by atomic mass is 9.55. The monoisotopic (exact) mass is 689 g/mol. The zero-order chi connectivity index (χ0) is 36.1. The van der Waals surface area contributed by atoms with Crippen molar-refractivity contribution in [2.75, 3.05) is 24.6 Å². The van der Waals surface area contributed by atoms with E-state index >= 15 is 0 Å². The lowest BCUT2D eigenvalue weighted by Gasteiger charge is -2.48. The standard InChI is InChI=1S/C35H55N5O7S/c1-9-12-16-25(27(41)30(43)36-19-10-2)37-29(42)26-23-20-34(7,8)24(23)21-40(26)31(44)28(33(4,5)6)38-32(45)39-35(17-14-13-15-18-35)22-48(46,47)11-3/h1,10,23-26,28H,2,11-22H2,3-8H3,(H,36,43)(H,37,42)(H2,38,39,45)/t23-,24?,25?,26?,28-/m1/s1. The molecule has 0 radical (unpaired) electrons. The van der Waals surface area contributed by atoms with Gasteiger partial charge in [-0.05, 0) is 48.3 Å². The molecule has 1 aliphatic heterocycles. The van der Waals surface area contributed by atoms with Gasteiger partial charge in [0, 0.05) is 25.3 Å². The highest BCUT2D eigenvalue weighted by molar-refractivity contribution is 7.91. The first-order valence-electron chi connectivity index (χ1n) is 17.1. The van der Waals surface area contributed by atoms with Crippen molar-refractivity contribution < 1.29 is 32.4 Å². The SMILES string of the molecule is C#CCCC(NC(=O)C1[C@@H]2CC(C)(C)C2CN1C(=O)[C@@H](NC(=O)NC1(CS(=O)(=O)CC)CCCCC1)C(C)(C)C)C(=O)C(=O)NCC=C. The number of carbonyl (C=O) groups is 5. The number of sulfone groups is 1. The Labute approximate surface area is 286 Å². The molecule has 0 spiro atoms. The van der Waals surface area contributed by atoms with Gasteiger partial charge in [-0.2, -0.15) is 0 Å². The molecule has 13 heteroatoms. The topological polar surface area (TPSA) is 171 Å². The Hall–Kier alpha value is -3.40. The molecule has 3 unspecified atom stereocenters. The van der Waals surface area contributed by atoms with E-state index in [1.165, 1.54) is 11.0 Å². The minimum absolute atomic E-state index is 0.00662. The van der Waals surface area contributed by atoms with Crippen molar-refractivity contribution in [2.24, 2.45) is 22.7 Å². The first-order valence-corrected chi connectivity index (χ1v) is 18.9. The number of Topliss-reactive ketones (excluding diaryl/α,β-unsaturated/α-hetero) is 1. The maximum absolute atomic E-state index is 14.5. The third kappa shape index (κ3) is 9.18. The molecular weight excluding hydrogens is 634 g/mol. The summed E-state index contributed by atoms with van der Waals surface area (Å²) in [6.07, 6.45) is 11.3. The summed E-state index contributed by atoms with van der Waals surface area (Å²) < 4.78 is 25.3. The van der Waals surface area contributed by atoms with E-state index < -0.39 is 68.5 Å². The van der Waals surface area contributed by atoms with Crippen molar-refractivity contribution in [3.63, 3.8) is 0 Å². The number of hydrogen-bond acceptors (Lipinski definition) is 7. The van der Waals surface area contributed by atoms with Gasteiger partial charge in [-0.15, -0.1) is 18.9 Å². The molecule has 1 heterocycles. The number of ketones is 1. The van der Waals surface area contributed by atoms with Gasteiger partial charge in [0.1, 0.15) is 12.1 Å². The van der Waals surface area contributed by atoms with E-state index in [0.29, 0.717) is 19.3 Å². The molecular formula is C35H55N5O7S. The van der Waals surface area contributed by atoms with Crippen molar-refractivity contribution in [1.82, 2.24) is 26.2 Å². The Morgan fingerprint density at radius 2 is 1.73 bits per heavy atom. The molecule has 3 rings (SSSR count). The van der Waals surface area contributed by atoms with Crippen LogP contribution >= 0.6 is 0 Å². The minimum Gasteiger partial charge on any atom is -0.346 e. The average Bonchev–Trinajstić information content (AvgIpc) is 3.34. The van der Waals surface area contributed by atoms with Crippen LogP contribution in [0.2, 0.25) is 0 Å². The van der Waals surface area contributed by atoms with Crippen LogP contribution in [0.5, 0.6) is 0 Å². The fourth-order valence-corrected chi connectivity index (χ4v) is 9.00. The Morgan fingerprint density at radius 3 is 2.27 bits per heavy atom. The van der Waals surface area contributed by atoms with Crippen molar-refractivity contribution in [1.29, 1.82) is 0 Å². The fraction of sp³-hybridized carbons (Fsp3) is 0.743. The molecule has 48 heavy (non-hydrogen) atoms. The van der Waals surface area contributed by atoms with Gasteiger partial charge in [0.05, 0.1) is 17.3 Å². The van der Waals surface area contributed by atoms with E-state index in [2.05, 4.69) is 47.6 Å². The summed E-state index contributed by atoms with van der Waals surface area (Å²) >= 11 is 0. The summed E-state index contributed by atoms with van der Waals surface area (Å²) in [6.45, 7) is 15.1. The van der Waals surface area contributed by atoms with E-state index in [0.717, 1.165) is 19.3 Å². The molecule has 268 valence electrons. The number of amides is 5. The molecule has 1 saturated heterocycles. The first kappa shape index (κ1) is 39.0. The molecule has 3 aliphatic rings. The predicted molar refractivity (Wildman–Crippen MR) is 184 cm³/mol. The average molecular weight is 690 g/mol. The fourth-order valence-electron chi connectivity index (χ4n) is 7.60. The predicted octanol–water partition coefficient (Wildman–Crippen LogP) is 2.48. The summed E-state index contributed by atoms with van der Waals surface area (Å²) in [5, 5.41) is 11.0. The summed E-state index contributed by atoms with van der Waals surface area (Å²) in [4.78, 5) is 69.2. The second kappa shape index (κ2) is 15.4. The van der Waals surface area contributed by atoms with E-state index in [4.69, 9.17) is 6.42 Å². The molecule has 2 saturated carbocycles. The molecule has 0 aromatic rings. The highest BCUT2D eigenvalue weighted by Gasteiger charge is 2.61. The minimum atomic E-state index is -3.40. The van der Waals surface area contributed by atoms with E-state index in [-0.39, 0.29) is 54.7 Å². The quantitative estimate of drug-likeness (QED) is 0.123. The van der Waals surface area contributed by atoms with Crippen LogP contribution < -0.4 is 21.3 Å². The van der Waals surface area contributed by atoms with Crippen LogP contribution in [0.15, 0.2) is 12.7 Å². The third-order valence-corrected chi connectivity index (χ3v) is 12.2. The van der Waals surface area contributed by atoms with Gasteiger partial charge < -0.3 is 26.2 Å². The van der Waals surface area contributed by atoms with Crippen LogP contribution in [-0.2, 0) is 29.0 Å². The molecule has 5 amide bonds. The van der Waals surface area contributed by atoms with Gasteiger partial charge in [0.2, 0.25) is 17.6 Å². The van der Waals surface area contributed by atoms with Gasteiger partial charge in [-0.1, -0.05) is 66.9 Å². The number of likely N-dealkylation sites (tertiary alicyclic amines) is 1. The van der Waals surface area contributed by atoms with Crippen molar-refractivity contribution in [3.05, 3.63) is 12.7 Å². The lowest BCUT2D eigenvalue weighted by molar-refractivity contribution is -0.145. The molecule has 0 aromatic carbocycles. The first-order chi connectivity index (χ1) is 22.3. The van der Waals surface area contributed by atoms with Crippen molar-refractivity contribution in [3.8, 4) is 12.3 Å². The van der Waals surface area contributed by atoms with Crippen LogP contribution in [0.3, 0.4) is 0 Å². The van der Waals surface area contributed by atoms with E-state index in [1.807, 2.05) is 20.8 Å². The number of nitrogens with zero attached hydrogens (tertiary/aromatic N) is 1. The number of rotatable bonds is 14. The zero-order valence-electron chi connectivity index (χ0n) is 29.4. The summed E-state index contributed by atoms with van der Waals surface area (Å²) in [6, 6.07) is -3.80. The maximum atomic E-state index is 14.5. The van der Waals surface area contributed by atoms with Gasteiger partial charge in [-0.3, -0.25) is 19.2 Å². The van der Waals surface area contributed by atoms with Crippen LogP contribution in [0.4, 0.5) is 4.79 Å². The Kier molecular flexibility index (Phi) is 12.6. The Bertz CT molecular complexity index is 1400. The number of nitrogens with one attached hydrogen (secondary N) is 4. The molecule has 3 fully saturated rings. The van der Waals surface area contributed by atoms with Crippen molar-refractivity contribution in [2.45, 2.75) is 117 Å². The number of carbonyl (C=O) groups excluding carboxylic acids is 5. The molecule has 2 aliphatic carbocycles. The molecule has 5 atom stereocenters. The van der Waals surface area contributed by atoms with Gasteiger partial charge in [0.15, 0.2) is 9.84 Å².